The predicted molar refractivity (Wildman–Crippen MR) is 107 cm³/mol. The van der Waals surface area contributed by atoms with E-state index in [9.17, 15) is 14.4 Å². The average molecular weight is 381 g/mol. The summed E-state index contributed by atoms with van der Waals surface area (Å²) in [5.41, 5.74) is 2.01. The highest BCUT2D eigenvalue weighted by atomic mass is 16.5. The zero-order valence-electron chi connectivity index (χ0n) is 16.0. The molecule has 1 N–H and O–H groups in total. The van der Waals surface area contributed by atoms with Gasteiger partial charge < -0.3 is 19.9 Å². The molecule has 1 aliphatic heterocycles. The molecular formula is C21H23N3O4. The van der Waals surface area contributed by atoms with E-state index >= 15 is 0 Å². The van der Waals surface area contributed by atoms with Crippen LogP contribution in [0.15, 0.2) is 48.5 Å². The summed E-state index contributed by atoms with van der Waals surface area (Å²) in [6.45, 7) is 3.61. The Morgan fingerprint density at radius 1 is 0.929 bits per heavy atom. The molecule has 1 fully saturated rings. The molecule has 0 radical (unpaired) electrons. The minimum absolute atomic E-state index is 0.0538. The summed E-state index contributed by atoms with van der Waals surface area (Å²) in [5.74, 6) is -0.507. The number of rotatable bonds is 4. The molecular weight excluding hydrogens is 358 g/mol. The number of nitrogens with one attached hydrogen (secondary N) is 1. The van der Waals surface area contributed by atoms with E-state index in [2.05, 4.69) is 10.2 Å². The third kappa shape index (κ3) is 4.31. The Morgan fingerprint density at radius 3 is 2.18 bits per heavy atom. The van der Waals surface area contributed by atoms with Crippen LogP contribution in [0.1, 0.15) is 17.3 Å². The SMILES string of the molecule is COc1ccccc1N1CCN(C(=O)C(=O)Nc2ccc(C(C)=O)cc2)CC1. The highest BCUT2D eigenvalue weighted by molar-refractivity contribution is 6.39. The summed E-state index contributed by atoms with van der Waals surface area (Å²) in [6.07, 6.45) is 0. The van der Waals surface area contributed by atoms with E-state index < -0.39 is 11.8 Å². The highest BCUT2D eigenvalue weighted by Gasteiger charge is 2.27. The van der Waals surface area contributed by atoms with Crippen LogP contribution in [0, 0.1) is 0 Å². The van der Waals surface area contributed by atoms with Crippen LogP contribution in [0.5, 0.6) is 5.75 Å². The molecule has 7 heteroatoms. The van der Waals surface area contributed by atoms with Gasteiger partial charge in [0.05, 0.1) is 12.8 Å². The third-order valence-electron chi connectivity index (χ3n) is 4.74. The fourth-order valence-electron chi connectivity index (χ4n) is 3.16. The largest absolute Gasteiger partial charge is 0.495 e. The van der Waals surface area contributed by atoms with Crippen molar-refractivity contribution in [2.75, 3.05) is 43.5 Å². The van der Waals surface area contributed by atoms with Gasteiger partial charge in [0, 0.05) is 37.4 Å². The Kier molecular flexibility index (Phi) is 5.93. The van der Waals surface area contributed by atoms with Crippen LogP contribution in [0.2, 0.25) is 0 Å². The summed E-state index contributed by atoms with van der Waals surface area (Å²) >= 11 is 0. The van der Waals surface area contributed by atoms with E-state index in [1.165, 1.54) is 6.92 Å². The van der Waals surface area contributed by atoms with Crippen molar-refractivity contribution in [3.63, 3.8) is 0 Å². The number of hydrogen-bond donors (Lipinski definition) is 1. The maximum absolute atomic E-state index is 12.5. The topological polar surface area (TPSA) is 79.0 Å². The number of amides is 2. The van der Waals surface area contributed by atoms with E-state index in [0.717, 1.165) is 11.4 Å². The lowest BCUT2D eigenvalue weighted by molar-refractivity contribution is -0.143. The Labute approximate surface area is 163 Å². The smallest absolute Gasteiger partial charge is 0.313 e. The molecule has 28 heavy (non-hydrogen) atoms. The van der Waals surface area contributed by atoms with Crippen LogP contribution in [0.3, 0.4) is 0 Å². The Bertz CT molecular complexity index is 871. The van der Waals surface area contributed by atoms with E-state index in [0.29, 0.717) is 37.4 Å². The normalized spacial score (nSPS) is 13.8. The number of hydrogen-bond acceptors (Lipinski definition) is 5. The highest BCUT2D eigenvalue weighted by Crippen LogP contribution is 2.28. The summed E-state index contributed by atoms with van der Waals surface area (Å²) in [4.78, 5) is 39.7. The minimum Gasteiger partial charge on any atom is -0.495 e. The van der Waals surface area contributed by atoms with Crippen LogP contribution in [-0.2, 0) is 9.59 Å². The second kappa shape index (κ2) is 8.56. The molecule has 2 aromatic carbocycles. The summed E-state index contributed by atoms with van der Waals surface area (Å²) < 4.78 is 5.39. The molecule has 2 amide bonds. The van der Waals surface area contributed by atoms with Gasteiger partial charge in [-0.15, -0.1) is 0 Å². The molecule has 1 aliphatic rings. The molecule has 146 valence electrons. The monoisotopic (exact) mass is 381 g/mol. The van der Waals surface area contributed by atoms with Crippen molar-refractivity contribution in [2.24, 2.45) is 0 Å². The fourth-order valence-corrected chi connectivity index (χ4v) is 3.16. The molecule has 0 aromatic heterocycles. The van der Waals surface area contributed by atoms with Crippen molar-refractivity contribution >= 4 is 29.0 Å². The van der Waals surface area contributed by atoms with Gasteiger partial charge >= 0.3 is 11.8 Å². The number of ether oxygens (including phenoxy) is 1. The number of nitrogens with zero attached hydrogens (tertiary/aromatic N) is 2. The number of carbonyl (C=O) groups is 3. The second-order valence-corrected chi connectivity index (χ2v) is 6.54. The van der Waals surface area contributed by atoms with Crippen molar-refractivity contribution in [3.05, 3.63) is 54.1 Å². The average Bonchev–Trinajstić information content (AvgIpc) is 2.73. The van der Waals surface area contributed by atoms with Gasteiger partial charge in [0.25, 0.3) is 0 Å². The maximum Gasteiger partial charge on any atom is 0.313 e. The molecule has 7 nitrogen and oxygen atoms in total. The second-order valence-electron chi connectivity index (χ2n) is 6.54. The number of para-hydroxylation sites is 2. The molecule has 0 spiro atoms. The van der Waals surface area contributed by atoms with E-state index in [1.54, 1.807) is 36.3 Å². The van der Waals surface area contributed by atoms with Crippen LogP contribution in [-0.4, -0.2) is 55.8 Å². The lowest BCUT2D eigenvalue weighted by Gasteiger charge is -2.36. The van der Waals surface area contributed by atoms with Crippen LogP contribution < -0.4 is 15.0 Å². The number of methoxy groups -OCH3 is 1. The lowest BCUT2D eigenvalue weighted by Crippen LogP contribution is -2.51. The van der Waals surface area contributed by atoms with Crippen LogP contribution >= 0.6 is 0 Å². The zero-order valence-corrected chi connectivity index (χ0v) is 16.0. The Balaban J connectivity index is 1.57. The number of Topliss-reactive ketones (excluding diaryl/α,β-unsaturated/α-hetero) is 1. The Hall–Kier alpha value is -3.35. The van der Waals surface area contributed by atoms with E-state index in [4.69, 9.17) is 4.74 Å². The van der Waals surface area contributed by atoms with Gasteiger partial charge in [-0.25, -0.2) is 0 Å². The molecule has 2 aromatic rings. The van der Waals surface area contributed by atoms with Crippen molar-refractivity contribution < 1.29 is 19.1 Å². The third-order valence-corrected chi connectivity index (χ3v) is 4.74. The van der Waals surface area contributed by atoms with Gasteiger partial charge in [-0.3, -0.25) is 14.4 Å². The maximum atomic E-state index is 12.5. The van der Waals surface area contributed by atoms with Gasteiger partial charge in [-0.1, -0.05) is 12.1 Å². The number of benzene rings is 2. The first kappa shape index (κ1) is 19.4. The first-order chi connectivity index (χ1) is 13.5. The molecule has 1 heterocycles. The van der Waals surface area contributed by atoms with Gasteiger partial charge in [-0.05, 0) is 43.3 Å². The lowest BCUT2D eigenvalue weighted by atomic mass is 10.1. The zero-order chi connectivity index (χ0) is 20.1. The molecule has 0 unspecified atom stereocenters. The van der Waals surface area contributed by atoms with Gasteiger partial charge in [0.1, 0.15) is 5.75 Å². The van der Waals surface area contributed by atoms with Crippen LogP contribution in [0.25, 0.3) is 0 Å². The number of anilines is 2. The van der Waals surface area contributed by atoms with Gasteiger partial charge in [-0.2, -0.15) is 0 Å². The van der Waals surface area contributed by atoms with Gasteiger partial charge in [0.2, 0.25) is 0 Å². The predicted octanol–water partition coefficient (Wildman–Crippen LogP) is 2.19. The van der Waals surface area contributed by atoms with Crippen molar-refractivity contribution in [1.82, 2.24) is 4.90 Å². The molecule has 0 bridgehead atoms. The molecule has 3 rings (SSSR count). The fraction of sp³-hybridized carbons (Fsp3) is 0.286. The van der Waals surface area contributed by atoms with Crippen LogP contribution in [0.4, 0.5) is 11.4 Å². The quantitative estimate of drug-likeness (QED) is 0.649. The number of piperazine rings is 1. The first-order valence-electron chi connectivity index (χ1n) is 9.09. The number of carbonyl (C=O) groups excluding carboxylic acids is 3. The number of ketones is 1. The van der Waals surface area contributed by atoms with E-state index in [1.807, 2.05) is 24.3 Å². The van der Waals surface area contributed by atoms with Crippen molar-refractivity contribution in [1.29, 1.82) is 0 Å². The van der Waals surface area contributed by atoms with E-state index in [-0.39, 0.29) is 5.78 Å². The molecule has 0 atom stereocenters. The standard InChI is InChI=1S/C21H23N3O4/c1-15(25)16-7-9-17(10-8-16)22-20(26)21(27)24-13-11-23(12-14-24)18-5-3-4-6-19(18)28-2/h3-10H,11-14H2,1-2H3,(H,22,26). The van der Waals surface area contributed by atoms with Crippen molar-refractivity contribution in [3.8, 4) is 5.75 Å². The summed E-state index contributed by atoms with van der Waals surface area (Å²) in [5, 5.41) is 2.59. The van der Waals surface area contributed by atoms with Crippen molar-refractivity contribution in [2.45, 2.75) is 6.92 Å². The molecule has 0 aliphatic carbocycles. The first-order valence-corrected chi connectivity index (χ1v) is 9.09. The van der Waals surface area contributed by atoms with Gasteiger partial charge in [0.15, 0.2) is 5.78 Å². The minimum atomic E-state index is -0.679. The molecule has 1 saturated heterocycles. The molecule has 0 saturated carbocycles. The summed E-state index contributed by atoms with van der Waals surface area (Å²) in [7, 11) is 1.63. The Morgan fingerprint density at radius 2 is 1.57 bits per heavy atom. The summed E-state index contributed by atoms with van der Waals surface area (Å²) in [6, 6.07) is 14.2.